The minimum absolute atomic E-state index is 0.575. The molecule has 0 spiro atoms. The van der Waals surface area contributed by atoms with Crippen LogP contribution < -0.4 is 5.32 Å². The third kappa shape index (κ3) is 4.08. The highest BCUT2D eigenvalue weighted by molar-refractivity contribution is 5.27. The molecule has 118 valence electrons. The maximum atomic E-state index is 3.38. The van der Waals surface area contributed by atoms with Crippen LogP contribution in [0.2, 0.25) is 0 Å². The SMILES string of the molecule is CNCC1CCN(C(C)C)C1c1ccc(CC(C)C)cc1. The molecule has 2 atom stereocenters. The summed E-state index contributed by atoms with van der Waals surface area (Å²) in [6.07, 6.45) is 2.48. The normalized spacial score (nSPS) is 23.4. The highest BCUT2D eigenvalue weighted by Gasteiger charge is 2.35. The second-order valence-electron chi connectivity index (χ2n) is 7.22. The first-order valence-corrected chi connectivity index (χ1v) is 8.52. The van der Waals surface area contributed by atoms with Gasteiger partial charge in [0.05, 0.1) is 0 Å². The molecule has 2 unspecified atom stereocenters. The number of nitrogens with zero attached hydrogens (tertiary/aromatic N) is 1. The van der Waals surface area contributed by atoms with E-state index >= 15 is 0 Å². The van der Waals surface area contributed by atoms with E-state index in [2.05, 4.69) is 69.2 Å². The van der Waals surface area contributed by atoms with Crippen LogP contribution in [-0.4, -0.2) is 31.1 Å². The monoisotopic (exact) mass is 288 g/mol. The summed E-state index contributed by atoms with van der Waals surface area (Å²) in [5, 5.41) is 3.38. The Bertz CT molecular complexity index is 422. The van der Waals surface area contributed by atoms with E-state index in [0.717, 1.165) is 18.4 Å². The lowest BCUT2D eigenvalue weighted by Crippen LogP contribution is -2.33. The largest absolute Gasteiger partial charge is 0.319 e. The van der Waals surface area contributed by atoms with Crippen LogP contribution in [0.3, 0.4) is 0 Å². The average Bonchev–Trinajstić information content (AvgIpc) is 2.83. The van der Waals surface area contributed by atoms with Crippen molar-refractivity contribution in [3.05, 3.63) is 35.4 Å². The Kier molecular flexibility index (Phi) is 5.83. The molecule has 1 aromatic carbocycles. The molecule has 2 nitrogen and oxygen atoms in total. The number of rotatable bonds is 6. The fourth-order valence-electron chi connectivity index (χ4n) is 3.72. The number of hydrogen-bond acceptors (Lipinski definition) is 2. The topological polar surface area (TPSA) is 15.3 Å². The molecule has 0 aromatic heterocycles. The summed E-state index contributed by atoms with van der Waals surface area (Å²) < 4.78 is 0. The zero-order valence-corrected chi connectivity index (χ0v) is 14.4. The zero-order valence-electron chi connectivity index (χ0n) is 14.4. The van der Waals surface area contributed by atoms with Gasteiger partial charge < -0.3 is 5.32 Å². The minimum Gasteiger partial charge on any atom is -0.319 e. The van der Waals surface area contributed by atoms with E-state index in [1.807, 2.05) is 0 Å². The predicted octanol–water partition coefficient (Wildman–Crippen LogP) is 3.88. The summed E-state index contributed by atoms with van der Waals surface area (Å²) in [4.78, 5) is 2.67. The van der Waals surface area contributed by atoms with E-state index in [9.17, 15) is 0 Å². The van der Waals surface area contributed by atoms with Gasteiger partial charge in [-0.1, -0.05) is 38.1 Å². The molecule has 2 rings (SSSR count). The van der Waals surface area contributed by atoms with Crippen LogP contribution in [0.25, 0.3) is 0 Å². The average molecular weight is 288 g/mol. The smallest absolute Gasteiger partial charge is 0.0391 e. The Balaban J connectivity index is 2.18. The molecule has 1 aliphatic rings. The Morgan fingerprint density at radius 1 is 1.14 bits per heavy atom. The van der Waals surface area contributed by atoms with Crippen molar-refractivity contribution >= 4 is 0 Å². The summed E-state index contributed by atoms with van der Waals surface area (Å²) >= 11 is 0. The van der Waals surface area contributed by atoms with Gasteiger partial charge in [-0.15, -0.1) is 0 Å². The van der Waals surface area contributed by atoms with Crippen molar-refractivity contribution in [1.82, 2.24) is 10.2 Å². The van der Waals surface area contributed by atoms with E-state index < -0.39 is 0 Å². The molecule has 1 aliphatic heterocycles. The van der Waals surface area contributed by atoms with Gasteiger partial charge in [0.15, 0.2) is 0 Å². The zero-order chi connectivity index (χ0) is 15.4. The van der Waals surface area contributed by atoms with Crippen LogP contribution in [0.5, 0.6) is 0 Å². The molecule has 1 heterocycles. The molecule has 21 heavy (non-hydrogen) atoms. The molecule has 1 saturated heterocycles. The van der Waals surface area contributed by atoms with Crippen LogP contribution >= 0.6 is 0 Å². The van der Waals surface area contributed by atoms with Crippen molar-refractivity contribution in [1.29, 1.82) is 0 Å². The summed E-state index contributed by atoms with van der Waals surface area (Å²) in [6.45, 7) is 11.6. The molecular formula is C19H32N2. The highest BCUT2D eigenvalue weighted by Crippen LogP contribution is 2.38. The fraction of sp³-hybridized carbons (Fsp3) is 0.684. The number of benzene rings is 1. The fourth-order valence-corrected chi connectivity index (χ4v) is 3.72. The van der Waals surface area contributed by atoms with Crippen molar-refractivity contribution in [2.45, 2.75) is 52.6 Å². The predicted molar refractivity (Wildman–Crippen MR) is 91.6 cm³/mol. The maximum absolute atomic E-state index is 3.38. The van der Waals surface area contributed by atoms with E-state index in [1.165, 1.54) is 30.5 Å². The number of likely N-dealkylation sites (tertiary alicyclic amines) is 1. The summed E-state index contributed by atoms with van der Waals surface area (Å²) in [7, 11) is 2.07. The maximum Gasteiger partial charge on any atom is 0.0391 e. The molecule has 0 amide bonds. The Morgan fingerprint density at radius 3 is 2.33 bits per heavy atom. The van der Waals surface area contributed by atoms with Crippen LogP contribution in [-0.2, 0) is 6.42 Å². The van der Waals surface area contributed by atoms with Gasteiger partial charge in [-0.2, -0.15) is 0 Å². The molecular weight excluding hydrogens is 256 g/mol. The molecule has 1 fully saturated rings. The van der Waals surface area contributed by atoms with Crippen LogP contribution in [0.1, 0.15) is 51.3 Å². The highest BCUT2D eigenvalue weighted by atomic mass is 15.2. The van der Waals surface area contributed by atoms with Gasteiger partial charge in [-0.25, -0.2) is 0 Å². The second-order valence-corrected chi connectivity index (χ2v) is 7.22. The van der Waals surface area contributed by atoms with Crippen molar-refractivity contribution < 1.29 is 0 Å². The molecule has 1 aromatic rings. The Hall–Kier alpha value is -0.860. The first-order chi connectivity index (χ1) is 10.0. The van der Waals surface area contributed by atoms with Gasteiger partial charge in [0.25, 0.3) is 0 Å². The standard InChI is InChI=1S/C19H32N2/c1-14(2)12-16-6-8-17(9-7-16)19-18(13-20-5)10-11-21(19)15(3)4/h6-9,14-15,18-20H,10-13H2,1-5H3. The van der Waals surface area contributed by atoms with Gasteiger partial charge >= 0.3 is 0 Å². The molecule has 1 N–H and O–H groups in total. The third-order valence-electron chi connectivity index (χ3n) is 4.66. The summed E-state index contributed by atoms with van der Waals surface area (Å²) in [6, 6.07) is 10.6. The minimum atomic E-state index is 0.575. The van der Waals surface area contributed by atoms with E-state index in [4.69, 9.17) is 0 Å². The van der Waals surface area contributed by atoms with Crippen molar-refractivity contribution in [3.8, 4) is 0 Å². The summed E-state index contributed by atoms with van der Waals surface area (Å²) in [5.74, 6) is 1.46. The van der Waals surface area contributed by atoms with E-state index in [-0.39, 0.29) is 0 Å². The van der Waals surface area contributed by atoms with Gasteiger partial charge in [0, 0.05) is 12.1 Å². The Morgan fingerprint density at radius 2 is 1.81 bits per heavy atom. The van der Waals surface area contributed by atoms with Crippen LogP contribution in [0.15, 0.2) is 24.3 Å². The lowest BCUT2D eigenvalue weighted by atomic mass is 9.91. The second kappa shape index (κ2) is 7.42. The van der Waals surface area contributed by atoms with Gasteiger partial charge in [-0.05, 0) is 69.8 Å². The molecule has 0 bridgehead atoms. The Labute approximate surface area is 130 Å². The molecule has 0 aliphatic carbocycles. The quantitative estimate of drug-likeness (QED) is 0.854. The molecule has 0 radical (unpaired) electrons. The number of hydrogen-bond donors (Lipinski definition) is 1. The number of nitrogens with one attached hydrogen (secondary N) is 1. The van der Waals surface area contributed by atoms with Crippen molar-refractivity contribution in [2.75, 3.05) is 20.1 Å². The van der Waals surface area contributed by atoms with Gasteiger partial charge in [0.2, 0.25) is 0 Å². The molecule has 0 saturated carbocycles. The van der Waals surface area contributed by atoms with Crippen LogP contribution in [0.4, 0.5) is 0 Å². The third-order valence-corrected chi connectivity index (χ3v) is 4.66. The van der Waals surface area contributed by atoms with E-state index in [1.54, 1.807) is 0 Å². The first kappa shape index (κ1) is 16.5. The molecule has 2 heteroatoms. The van der Waals surface area contributed by atoms with Crippen LogP contribution in [0, 0.1) is 11.8 Å². The summed E-state index contributed by atoms with van der Waals surface area (Å²) in [5.41, 5.74) is 2.96. The van der Waals surface area contributed by atoms with Gasteiger partial charge in [-0.3, -0.25) is 4.90 Å². The lowest BCUT2D eigenvalue weighted by molar-refractivity contribution is 0.182. The first-order valence-electron chi connectivity index (χ1n) is 8.52. The van der Waals surface area contributed by atoms with Crippen molar-refractivity contribution in [2.24, 2.45) is 11.8 Å². The van der Waals surface area contributed by atoms with E-state index in [0.29, 0.717) is 12.1 Å². The lowest BCUT2D eigenvalue weighted by Gasteiger charge is -2.32. The van der Waals surface area contributed by atoms with Gasteiger partial charge in [0.1, 0.15) is 0 Å². The van der Waals surface area contributed by atoms with Crippen molar-refractivity contribution in [3.63, 3.8) is 0 Å².